The van der Waals surface area contributed by atoms with Crippen molar-refractivity contribution >= 4 is 5.69 Å². The van der Waals surface area contributed by atoms with E-state index < -0.39 is 11.7 Å². The van der Waals surface area contributed by atoms with E-state index >= 15 is 0 Å². The molecule has 6 nitrogen and oxygen atoms in total. The third-order valence-corrected chi connectivity index (χ3v) is 3.79. The molecule has 1 fully saturated rings. The molecule has 3 rings (SSSR count). The predicted octanol–water partition coefficient (Wildman–Crippen LogP) is 2.07. The Hall–Kier alpha value is -2.60. The Bertz CT molecular complexity index is 739. The standard InChI is InChI=1S/C15H14F3N5O/c16-15(17,18)14-2-1-12(5-11(14)6-19)22-3-4-24-13(7-22)8-23-10-20-9-21-23/h1-2,5,9-10,13H,3-4,7-8H2. The van der Waals surface area contributed by atoms with E-state index in [-0.39, 0.29) is 11.7 Å². The fourth-order valence-electron chi connectivity index (χ4n) is 2.67. The van der Waals surface area contributed by atoms with Crippen LogP contribution in [-0.2, 0) is 17.5 Å². The number of aromatic nitrogens is 3. The Kier molecular flexibility index (Phi) is 4.40. The van der Waals surface area contributed by atoms with Crippen LogP contribution in [0.3, 0.4) is 0 Å². The molecule has 2 heterocycles. The van der Waals surface area contributed by atoms with Gasteiger partial charge in [-0.25, -0.2) is 4.98 Å². The average molecular weight is 337 g/mol. The first-order chi connectivity index (χ1) is 11.5. The number of nitrogens with zero attached hydrogens (tertiary/aromatic N) is 5. The first kappa shape index (κ1) is 16.3. The van der Waals surface area contributed by atoms with Gasteiger partial charge in [0.15, 0.2) is 0 Å². The van der Waals surface area contributed by atoms with Crippen LogP contribution in [0, 0.1) is 11.3 Å². The molecule has 0 saturated carbocycles. The molecular weight excluding hydrogens is 323 g/mol. The van der Waals surface area contributed by atoms with Gasteiger partial charge in [-0.3, -0.25) is 4.68 Å². The first-order valence-electron chi connectivity index (χ1n) is 7.27. The lowest BCUT2D eigenvalue weighted by atomic mass is 10.1. The van der Waals surface area contributed by atoms with Gasteiger partial charge in [-0.05, 0) is 18.2 Å². The molecule has 1 saturated heterocycles. The molecule has 1 aliphatic heterocycles. The smallest absolute Gasteiger partial charge is 0.373 e. The lowest BCUT2D eigenvalue weighted by molar-refractivity contribution is -0.137. The zero-order valence-corrected chi connectivity index (χ0v) is 12.6. The van der Waals surface area contributed by atoms with Crippen molar-refractivity contribution in [3.8, 4) is 6.07 Å². The normalized spacial score (nSPS) is 18.4. The summed E-state index contributed by atoms with van der Waals surface area (Å²) in [6, 6.07) is 5.25. The minimum atomic E-state index is -4.54. The third kappa shape index (κ3) is 3.49. The highest BCUT2D eigenvalue weighted by molar-refractivity contribution is 5.55. The Morgan fingerprint density at radius 3 is 2.88 bits per heavy atom. The molecule has 1 aliphatic rings. The molecule has 1 atom stereocenters. The summed E-state index contributed by atoms with van der Waals surface area (Å²) in [5.41, 5.74) is -0.716. The van der Waals surface area contributed by atoms with Gasteiger partial charge in [-0.1, -0.05) is 0 Å². The van der Waals surface area contributed by atoms with E-state index in [4.69, 9.17) is 10.00 Å². The number of ether oxygens (including phenoxy) is 1. The number of hydrogen-bond acceptors (Lipinski definition) is 5. The van der Waals surface area contributed by atoms with Crippen molar-refractivity contribution in [3.05, 3.63) is 42.0 Å². The van der Waals surface area contributed by atoms with Crippen molar-refractivity contribution in [2.75, 3.05) is 24.6 Å². The van der Waals surface area contributed by atoms with E-state index in [2.05, 4.69) is 10.1 Å². The summed E-state index contributed by atoms with van der Waals surface area (Å²) in [6.07, 6.45) is -1.69. The number of alkyl halides is 3. The molecule has 0 spiro atoms. The Labute approximate surface area is 136 Å². The summed E-state index contributed by atoms with van der Waals surface area (Å²) in [4.78, 5) is 5.77. The van der Waals surface area contributed by atoms with Crippen LogP contribution in [0.5, 0.6) is 0 Å². The van der Waals surface area contributed by atoms with Crippen LogP contribution in [0.25, 0.3) is 0 Å². The van der Waals surface area contributed by atoms with Crippen molar-refractivity contribution < 1.29 is 17.9 Å². The van der Waals surface area contributed by atoms with Crippen LogP contribution in [-0.4, -0.2) is 40.6 Å². The minimum Gasteiger partial charge on any atom is -0.373 e. The third-order valence-electron chi connectivity index (χ3n) is 3.79. The van der Waals surface area contributed by atoms with Gasteiger partial charge in [-0.2, -0.15) is 23.5 Å². The van der Waals surface area contributed by atoms with Crippen LogP contribution < -0.4 is 4.90 Å². The highest BCUT2D eigenvalue weighted by atomic mass is 19.4. The quantitative estimate of drug-likeness (QED) is 0.858. The summed E-state index contributed by atoms with van der Waals surface area (Å²) in [7, 11) is 0. The summed E-state index contributed by atoms with van der Waals surface area (Å²) >= 11 is 0. The van der Waals surface area contributed by atoms with Crippen molar-refractivity contribution in [2.24, 2.45) is 0 Å². The average Bonchev–Trinajstić information content (AvgIpc) is 3.06. The second kappa shape index (κ2) is 6.49. The van der Waals surface area contributed by atoms with Gasteiger partial charge in [0.1, 0.15) is 12.7 Å². The maximum Gasteiger partial charge on any atom is 0.417 e. The molecule has 0 aliphatic carbocycles. The molecule has 1 unspecified atom stereocenters. The molecule has 1 aromatic heterocycles. The van der Waals surface area contributed by atoms with E-state index in [0.29, 0.717) is 31.9 Å². The highest BCUT2D eigenvalue weighted by Gasteiger charge is 2.34. The number of hydrogen-bond donors (Lipinski definition) is 0. The van der Waals surface area contributed by atoms with Crippen LogP contribution >= 0.6 is 0 Å². The zero-order chi connectivity index (χ0) is 17.2. The highest BCUT2D eigenvalue weighted by Crippen LogP contribution is 2.34. The number of anilines is 1. The van der Waals surface area contributed by atoms with Crippen LogP contribution in [0.15, 0.2) is 30.9 Å². The van der Waals surface area contributed by atoms with Gasteiger partial charge < -0.3 is 9.64 Å². The monoisotopic (exact) mass is 337 g/mol. The Morgan fingerprint density at radius 1 is 1.38 bits per heavy atom. The number of morpholine rings is 1. The molecule has 0 radical (unpaired) electrons. The molecule has 2 aromatic rings. The first-order valence-corrected chi connectivity index (χ1v) is 7.27. The molecule has 0 amide bonds. The Balaban J connectivity index is 1.77. The van der Waals surface area contributed by atoms with E-state index in [1.807, 2.05) is 4.90 Å². The molecule has 9 heteroatoms. The minimum absolute atomic E-state index is 0.159. The van der Waals surface area contributed by atoms with Crippen LogP contribution in [0.1, 0.15) is 11.1 Å². The number of nitriles is 1. The topological polar surface area (TPSA) is 67.0 Å². The van der Waals surface area contributed by atoms with Crippen LogP contribution in [0.4, 0.5) is 18.9 Å². The molecule has 0 bridgehead atoms. The predicted molar refractivity (Wildman–Crippen MR) is 78.1 cm³/mol. The fraction of sp³-hybridized carbons (Fsp3) is 0.400. The van der Waals surface area contributed by atoms with Gasteiger partial charge in [-0.15, -0.1) is 0 Å². The number of benzene rings is 1. The maximum absolute atomic E-state index is 12.9. The van der Waals surface area contributed by atoms with Crippen molar-refractivity contribution in [1.29, 1.82) is 5.26 Å². The molecule has 126 valence electrons. The van der Waals surface area contributed by atoms with E-state index in [1.54, 1.807) is 17.1 Å². The molecular formula is C15H14F3N5O. The fourth-order valence-corrected chi connectivity index (χ4v) is 2.67. The van der Waals surface area contributed by atoms with Crippen molar-refractivity contribution in [2.45, 2.75) is 18.8 Å². The van der Waals surface area contributed by atoms with Gasteiger partial charge in [0, 0.05) is 18.8 Å². The van der Waals surface area contributed by atoms with Gasteiger partial charge >= 0.3 is 6.18 Å². The van der Waals surface area contributed by atoms with Crippen LogP contribution in [0.2, 0.25) is 0 Å². The van der Waals surface area contributed by atoms with Gasteiger partial charge in [0.05, 0.1) is 36.5 Å². The summed E-state index contributed by atoms with van der Waals surface area (Å²) in [5, 5.41) is 13.0. The number of halogens is 3. The summed E-state index contributed by atoms with van der Waals surface area (Å²) in [6.45, 7) is 1.99. The lowest BCUT2D eigenvalue weighted by Gasteiger charge is -2.34. The Morgan fingerprint density at radius 2 is 2.21 bits per heavy atom. The molecule has 0 N–H and O–H groups in total. The van der Waals surface area contributed by atoms with E-state index in [1.165, 1.54) is 18.5 Å². The largest absolute Gasteiger partial charge is 0.417 e. The SMILES string of the molecule is N#Cc1cc(N2CCOC(Cn3cncn3)C2)ccc1C(F)(F)F. The van der Waals surface area contributed by atoms with Gasteiger partial charge in [0.2, 0.25) is 0 Å². The molecule has 24 heavy (non-hydrogen) atoms. The molecule has 1 aromatic carbocycles. The van der Waals surface area contributed by atoms with E-state index in [9.17, 15) is 13.2 Å². The summed E-state index contributed by atoms with van der Waals surface area (Å²) < 4.78 is 46.0. The van der Waals surface area contributed by atoms with Crippen molar-refractivity contribution in [1.82, 2.24) is 14.8 Å². The summed E-state index contributed by atoms with van der Waals surface area (Å²) in [5.74, 6) is 0. The number of rotatable bonds is 3. The van der Waals surface area contributed by atoms with Crippen molar-refractivity contribution in [3.63, 3.8) is 0 Å². The second-order valence-electron chi connectivity index (χ2n) is 5.40. The maximum atomic E-state index is 12.9. The van der Waals surface area contributed by atoms with E-state index in [0.717, 1.165) is 6.07 Å². The lowest BCUT2D eigenvalue weighted by Crippen LogP contribution is -2.44. The zero-order valence-electron chi connectivity index (χ0n) is 12.6. The van der Waals surface area contributed by atoms with Gasteiger partial charge in [0.25, 0.3) is 0 Å². The second-order valence-corrected chi connectivity index (χ2v) is 5.40.